The number of hydrogen-bond acceptors (Lipinski definition) is 12. The van der Waals surface area contributed by atoms with Crippen LogP contribution in [0.5, 0.6) is 0 Å². The second-order valence-corrected chi connectivity index (χ2v) is 32.3. The highest BCUT2D eigenvalue weighted by atomic mass is 35.5. The van der Waals surface area contributed by atoms with Crippen molar-refractivity contribution in [3.63, 3.8) is 0 Å². The summed E-state index contributed by atoms with van der Waals surface area (Å²) in [6.45, 7) is 9.13. The molecule has 562 valence electrons. The van der Waals surface area contributed by atoms with Crippen LogP contribution in [-0.4, -0.2) is 136 Å². The molecule has 3 aromatic heterocycles. The number of carbonyl (C=O) groups is 3. The lowest BCUT2D eigenvalue weighted by Gasteiger charge is -2.39. The van der Waals surface area contributed by atoms with Crippen molar-refractivity contribution < 1.29 is 32.5 Å². The average Bonchev–Trinajstić information content (AvgIpc) is 1.60. The summed E-state index contributed by atoms with van der Waals surface area (Å²) in [7, 11) is 0. The van der Waals surface area contributed by atoms with E-state index in [0.717, 1.165) is 122 Å². The van der Waals surface area contributed by atoms with E-state index in [-0.39, 0.29) is 66.1 Å². The van der Waals surface area contributed by atoms with E-state index < -0.39 is 10.9 Å². The molecule has 0 unspecified atom stereocenters. The van der Waals surface area contributed by atoms with Gasteiger partial charge in [-0.15, -0.1) is 0 Å². The first-order chi connectivity index (χ1) is 52.3. The maximum absolute atomic E-state index is 13.5. The largest absolute Gasteiger partial charge is 0.446 e. The second-order valence-electron chi connectivity index (χ2n) is 27.9. The molecule has 0 radical (unpaired) electrons. The Bertz CT molecular complexity index is 4990. The van der Waals surface area contributed by atoms with Crippen LogP contribution in [0.15, 0.2) is 199 Å². The third kappa shape index (κ3) is 18.9. The van der Waals surface area contributed by atoms with Crippen molar-refractivity contribution in [2.75, 3.05) is 93.2 Å². The van der Waals surface area contributed by atoms with Gasteiger partial charge in [-0.25, -0.2) is 15.0 Å². The van der Waals surface area contributed by atoms with E-state index in [1.807, 2.05) is 101 Å². The number of piperidine rings is 3. The van der Waals surface area contributed by atoms with Crippen LogP contribution in [0.2, 0.25) is 40.6 Å². The number of thioether (sulfide) groups is 1. The topological polar surface area (TPSA) is 152 Å². The van der Waals surface area contributed by atoms with Crippen LogP contribution in [-0.2, 0) is 16.2 Å². The molecule has 9 aromatic rings. The molecule has 6 aliphatic heterocycles. The van der Waals surface area contributed by atoms with Crippen molar-refractivity contribution in [1.29, 1.82) is 0 Å². The number of rotatable bonds is 14. The number of nitrogens with zero attached hydrogens (tertiary/aromatic N) is 10. The number of pyridine rings is 3. The number of nitro groups is 1. The summed E-state index contributed by atoms with van der Waals surface area (Å²) in [5, 5.41) is 14.9. The number of anilines is 3. The third-order valence-electron chi connectivity index (χ3n) is 21.1. The predicted octanol–water partition coefficient (Wildman–Crippen LogP) is 21.1. The summed E-state index contributed by atoms with van der Waals surface area (Å²) in [5.74, 6) is -0.402. The van der Waals surface area contributed by atoms with Gasteiger partial charge in [0.25, 0.3) is 23.4 Å². The fraction of sp³-hybridized carbons (Fsp3) is 0.268. The third-order valence-corrected chi connectivity index (χ3v) is 23.9. The smallest absolute Gasteiger partial charge is 0.307 e. The van der Waals surface area contributed by atoms with E-state index in [9.17, 15) is 37.7 Å². The maximum Gasteiger partial charge on any atom is 0.446 e. The van der Waals surface area contributed by atoms with Crippen LogP contribution >= 0.6 is 105 Å². The Balaban J connectivity index is 0.000000144. The monoisotopic (exact) mass is 1640 g/mol. The summed E-state index contributed by atoms with van der Waals surface area (Å²) in [4.78, 5) is 75.5. The molecule has 3 amide bonds. The zero-order chi connectivity index (χ0) is 76.8. The molecular weight excluding hydrogens is 1580 g/mol. The fourth-order valence-electron chi connectivity index (χ4n) is 15.5. The molecule has 15 rings (SSSR count). The molecule has 0 N–H and O–H groups in total. The van der Waals surface area contributed by atoms with E-state index in [4.69, 9.17) is 92.8 Å². The molecule has 9 heterocycles. The highest BCUT2D eigenvalue weighted by molar-refractivity contribution is 8.00. The average molecular weight is 1650 g/mol. The quantitative estimate of drug-likeness (QED) is 0.0441. The van der Waals surface area contributed by atoms with E-state index >= 15 is 0 Å². The van der Waals surface area contributed by atoms with Crippen molar-refractivity contribution in [3.8, 4) is 0 Å². The molecule has 0 atom stereocenters. The van der Waals surface area contributed by atoms with Crippen LogP contribution in [0.25, 0.3) is 18.2 Å². The Morgan fingerprint density at radius 2 is 0.817 bits per heavy atom. The fourth-order valence-corrected chi connectivity index (χ4v) is 17.3. The standard InChI is InChI=1S/C28H23Cl3F3N3OS.C27H24Cl3N3O.C27H24Cl2N4O3/c29-22-5-3-18(14-23(22)30)2-1-11-36-12-8-27(9-13-36)17-37(26(38)19-7-10-35-25(31)15-19)24-6-4-20(16-21(24)27)39-28(32,33)34;28-21-5-3-19(4-6-21)2-1-13-32-14-10-27(11-15-32)18-33(24-8-7-22(29)17-23(24)27)26(34)20-9-12-31-25(30)16-20;28-21-6-7-24-23(17-21)27(18-32(24)26(34)20-8-11-30-25(29)16-20)9-13-31(14-10-27)12-2-4-19-3-1-5-22(15-19)33(35)36/h1-7,10,14-16H,8-9,11-13,17H2;1-9,12,16-17H,10-11,13-15,18H2;1-8,11,15-17H,9-10,12-14,18H2/b2*2-1+;4-2+. The lowest BCUT2D eigenvalue weighted by molar-refractivity contribution is -0.384. The Morgan fingerprint density at radius 1 is 0.440 bits per heavy atom. The van der Waals surface area contributed by atoms with Gasteiger partial charge >= 0.3 is 5.51 Å². The van der Waals surface area contributed by atoms with E-state index in [0.29, 0.717) is 86.6 Å². The van der Waals surface area contributed by atoms with Gasteiger partial charge in [-0.2, -0.15) is 13.2 Å². The summed E-state index contributed by atoms with van der Waals surface area (Å²) in [6, 6.07) is 45.9. The molecule has 3 spiro atoms. The molecule has 3 fully saturated rings. The number of aromatic nitrogens is 3. The number of non-ortho nitro benzene ring substituents is 1. The Labute approximate surface area is 674 Å². The Morgan fingerprint density at radius 3 is 1.21 bits per heavy atom. The maximum atomic E-state index is 13.5. The first-order valence-electron chi connectivity index (χ1n) is 35.2. The van der Waals surface area contributed by atoms with Crippen molar-refractivity contribution in [2.45, 2.75) is 65.2 Å². The van der Waals surface area contributed by atoms with Crippen molar-refractivity contribution in [3.05, 3.63) is 295 Å². The predicted molar refractivity (Wildman–Crippen MR) is 434 cm³/mol. The highest BCUT2D eigenvalue weighted by Crippen LogP contribution is 2.53. The van der Waals surface area contributed by atoms with Crippen molar-refractivity contribution in [1.82, 2.24) is 29.7 Å². The van der Waals surface area contributed by atoms with Gasteiger partial charge in [0.15, 0.2) is 0 Å². The number of nitro benzene ring substituents is 1. The molecule has 0 bridgehead atoms. The molecule has 0 saturated carbocycles. The summed E-state index contributed by atoms with van der Waals surface area (Å²) >= 11 is 48.8. The van der Waals surface area contributed by atoms with Crippen LogP contribution < -0.4 is 14.7 Å². The van der Waals surface area contributed by atoms with Gasteiger partial charge in [0.1, 0.15) is 15.5 Å². The van der Waals surface area contributed by atoms with E-state index in [1.165, 1.54) is 30.0 Å². The lowest BCUT2D eigenvalue weighted by Crippen LogP contribution is -2.46. The number of amides is 3. The number of benzene rings is 6. The normalized spacial score (nSPS) is 17.2. The summed E-state index contributed by atoms with van der Waals surface area (Å²) in [6.07, 6.45) is 22.1. The number of likely N-dealkylation sites (tertiary alicyclic amines) is 3. The van der Waals surface area contributed by atoms with Crippen molar-refractivity contribution >= 4 is 163 Å². The van der Waals surface area contributed by atoms with Crippen molar-refractivity contribution in [2.24, 2.45) is 0 Å². The molecular formula is C82H71Cl8F3N10O5S. The SMILES string of the molecule is O=C(c1ccnc(Cl)c1)N1CC2(CCN(C/C=C/c3ccc(Cl)c(Cl)c3)CC2)c2cc(SC(F)(F)F)ccc21.O=C(c1ccnc(Cl)c1)N1CC2(CCN(C/C=C/c3ccc(Cl)cc3)CC2)c2cc(Cl)ccc21.O=C(c1ccnc(Cl)c1)N1CC2(CCN(C/C=C/c3cccc([N+](=O)[O-])c3)CC2)c2cc(Cl)ccc21. The molecule has 0 aliphatic carbocycles. The van der Waals surface area contributed by atoms with Gasteiger partial charge in [0, 0.05) is 140 Å². The minimum atomic E-state index is -4.40. The number of fused-ring (bicyclic) bond motifs is 6. The number of hydrogen-bond donors (Lipinski definition) is 0. The van der Waals surface area contributed by atoms with Gasteiger partial charge < -0.3 is 14.7 Å². The second kappa shape index (κ2) is 34.4. The number of halogens is 11. The van der Waals surface area contributed by atoms with Gasteiger partial charge in [-0.3, -0.25) is 39.2 Å². The van der Waals surface area contributed by atoms with Gasteiger partial charge in [-0.1, -0.05) is 160 Å². The summed E-state index contributed by atoms with van der Waals surface area (Å²) < 4.78 is 39.5. The zero-order valence-electron chi connectivity index (χ0n) is 58.5. The first-order valence-corrected chi connectivity index (χ1v) is 39.1. The molecule has 15 nitrogen and oxygen atoms in total. The lowest BCUT2D eigenvalue weighted by atomic mass is 9.74. The molecule has 3 saturated heterocycles. The minimum absolute atomic E-state index is 0.0573. The molecule has 6 aromatic carbocycles. The first kappa shape index (κ1) is 79.2. The van der Waals surface area contributed by atoms with Gasteiger partial charge in [-0.05, 0) is 238 Å². The molecule has 109 heavy (non-hydrogen) atoms. The number of alkyl halides is 3. The minimum Gasteiger partial charge on any atom is -0.307 e. The zero-order valence-corrected chi connectivity index (χ0v) is 65.4. The van der Waals surface area contributed by atoms with Gasteiger partial charge in [0.2, 0.25) is 0 Å². The highest BCUT2D eigenvalue weighted by Gasteiger charge is 2.50. The molecule has 27 heteroatoms. The number of carbonyl (C=O) groups excluding carboxylic acids is 3. The van der Waals surface area contributed by atoms with Crippen LogP contribution in [0.3, 0.4) is 0 Å². The van der Waals surface area contributed by atoms with Crippen LogP contribution in [0.4, 0.5) is 35.9 Å². The van der Waals surface area contributed by atoms with Crippen LogP contribution in [0.1, 0.15) is 103 Å². The van der Waals surface area contributed by atoms with Crippen LogP contribution in [0, 0.1) is 10.1 Å². The Hall–Kier alpha value is -7.86. The van der Waals surface area contributed by atoms with Gasteiger partial charge in [0.05, 0.1) is 15.0 Å². The van der Waals surface area contributed by atoms with E-state index in [2.05, 4.69) is 47.9 Å². The Kier molecular flexibility index (Phi) is 25.0. The summed E-state index contributed by atoms with van der Waals surface area (Å²) in [5.41, 5.74) is 4.91. The van der Waals surface area contributed by atoms with E-state index in [1.54, 1.807) is 84.0 Å². The molecule has 6 aliphatic rings.